The molecule has 17 heavy (non-hydrogen) atoms. The van der Waals surface area contributed by atoms with Crippen LogP contribution < -0.4 is 5.73 Å². The Morgan fingerprint density at radius 1 is 0.941 bits per heavy atom. The second-order valence-corrected chi connectivity index (χ2v) is 3.79. The smallest absolute Gasteiger partial charge is 0.398 e. The van der Waals surface area contributed by atoms with Crippen molar-refractivity contribution in [3.05, 3.63) is 28.8 Å². The first-order valence-electron chi connectivity index (χ1n) is 4.20. The summed E-state index contributed by atoms with van der Waals surface area (Å²) in [6.45, 7) is 0. The summed E-state index contributed by atoms with van der Waals surface area (Å²) in [5.74, 6) is 0. The van der Waals surface area contributed by atoms with Gasteiger partial charge in [0.25, 0.3) is 0 Å². The predicted octanol–water partition coefficient (Wildman–Crippen LogP) is 4.20. The van der Waals surface area contributed by atoms with Gasteiger partial charge in [-0.05, 0) is 17.7 Å². The quantitative estimate of drug-likeness (QED) is 0.468. The third kappa shape index (κ3) is 3.05. The number of benzene rings is 1. The maximum Gasteiger partial charge on any atom is 0.418 e. The van der Waals surface area contributed by atoms with Crippen LogP contribution in [0.3, 0.4) is 0 Å². The summed E-state index contributed by atoms with van der Waals surface area (Å²) in [5, 5.41) is -0.232. The Kier molecular flexibility index (Phi) is 3.66. The molecule has 8 heteroatoms. The number of rotatable bonds is 1. The van der Waals surface area contributed by atoms with Crippen molar-refractivity contribution in [3.8, 4) is 0 Å². The number of nitrogens with two attached hydrogens (primary N) is 1. The summed E-state index contributed by atoms with van der Waals surface area (Å²) in [6, 6.07) is 0.715. The topological polar surface area (TPSA) is 26.0 Å². The van der Waals surface area contributed by atoms with Crippen LogP contribution in [0.4, 0.5) is 32.0 Å². The Hall–Kier alpha value is -0.920. The van der Waals surface area contributed by atoms with Crippen molar-refractivity contribution in [2.45, 2.75) is 17.7 Å². The first-order chi connectivity index (χ1) is 7.57. The van der Waals surface area contributed by atoms with E-state index < -0.39 is 29.2 Å². The molecule has 0 atom stereocenters. The minimum absolute atomic E-state index is 0.0337. The van der Waals surface area contributed by atoms with Gasteiger partial charge in [-0.1, -0.05) is 15.9 Å². The number of alkyl halides is 7. The van der Waals surface area contributed by atoms with E-state index in [2.05, 4.69) is 15.9 Å². The molecule has 0 unspecified atom stereocenters. The van der Waals surface area contributed by atoms with Crippen molar-refractivity contribution >= 4 is 21.6 Å². The molecule has 0 aliphatic carbocycles. The van der Waals surface area contributed by atoms with Crippen molar-refractivity contribution in [1.82, 2.24) is 0 Å². The highest BCUT2D eigenvalue weighted by atomic mass is 79.9. The zero-order valence-corrected chi connectivity index (χ0v) is 9.67. The summed E-state index contributed by atoms with van der Waals surface area (Å²) in [5.41, 5.74) is 1.22. The Labute approximate surface area is 101 Å². The van der Waals surface area contributed by atoms with Crippen molar-refractivity contribution in [1.29, 1.82) is 0 Å². The van der Waals surface area contributed by atoms with Gasteiger partial charge < -0.3 is 5.73 Å². The molecule has 0 aromatic heterocycles. The van der Waals surface area contributed by atoms with Gasteiger partial charge in [0.15, 0.2) is 0 Å². The Bertz CT molecular complexity index is 423. The van der Waals surface area contributed by atoms with Gasteiger partial charge in [-0.15, -0.1) is 0 Å². The minimum atomic E-state index is -4.91. The lowest BCUT2D eigenvalue weighted by molar-refractivity contribution is -0.142. The van der Waals surface area contributed by atoms with Crippen molar-refractivity contribution in [2.75, 3.05) is 5.73 Å². The van der Waals surface area contributed by atoms with Crippen LogP contribution in [0.5, 0.6) is 0 Å². The lowest BCUT2D eigenvalue weighted by Crippen LogP contribution is -2.15. The maximum absolute atomic E-state index is 12.5. The van der Waals surface area contributed by atoms with Crippen molar-refractivity contribution in [2.24, 2.45) is 0 Å². The molecule has 1 aromatic carbocycles. The van der Waals surface area contributed by atoms with E-state index >= 15 is 0 Å². The molecule has 0 spiro atoms. The molecule has 0 aliphatic rings. The van der Waals surface area contributed by atoms with E-state index in [-0.39, 0.29) is 17.0 Å². The van der Waals surface area contributed by atoms with Gasteiger partial charge in [-0.2, -0.15) is 26.3 Å². The SMILES string of the molecule is Nc1cc(CBr)c(C(F)(F)F)cc1C(F)(F)F. The fourth-order valence-corrected chi connectivity index (χ4v) is 1.75. The van der Waals surface area contributed by atoms with Crippen LogP contribution in [0.25, 0.3) is 0 Å². The molecule has 0 heterocycles. The third-order valence-electron chi connectivity index (χ3n) is 2.03. The number of halogens is 7. The fourth-order valence-electron chi connectivity index (χ4n) is 1.28. The maximum atomic E-state index is 12.5. The lowest BCUT2D eigenvalue weighted by atomic mass is 10.0. The molecule has 2 N–H and O–H groups in total. The molecule has 0 radical (unpaired) electrons. The van der Waals surface area contributed by atoms with Crippen LogP contribution in [-0.2, 0) is 17.7 Å². The lowest BCUT2D eigenvalue weighted by Gasteiger charge is -2.16. The standard InChI is InChI=1S/C9H6BrF6N/c10-3-4-1-7(17)6(9(14,15)16)2-5(4)8(11,12)13/h1-2H,3,17H2. The number of hydrogen-bond acceptors (Lipinski definition) is 1. The van der Waals surface area contributed by atoms with E-state index in [0.29, 0.717) is 6.07 Å². The number of anilines is 1. The molecular formula is C9H6BrF6N. The normalized spacial score (nSPS) is 12.9. The van der Waals surface area contributed by atoms with Crippen LogP contribution in [-0.4, -0.2) is 0 Å². The highest BCUT2D eigenvalue weighted by Gasteiger charge is 2.39. The van der Waals surface area contributed by atoms with E-state index in [1.807, 2.05) is 0 Å². The molecule has 1 nitrogen and oxygen atoms in total. The molecule has 1 aromatic rings. The molecule has 0 amide bonds. The average molecular weight is 322 g/mol. The van der Waals surface area contributed by atoms with E-state index in [9.17, 15) is 26.3 Å². The Morgan fingerprint density at radius 2 is 1.41 bits per heavy atom. The largest absolute Gasteiger partial charge is 0.418 e. The second-order valence-electron chi connectivity index (χ2n) is 3.23. The average Bonchev–Trinajstić information content (AvgIpc) is 2.13. The summed E-state index contributed by atoms with van der Waals surface area (Å²) in [6.07, 6.45) is -9.76. The zero-order valence-electron chi connectivity index (χ0n) is 8.08. The van der Waals surface area contributed by atoms with Gasteiger partial charge in [0.2, 0.25) is 0 Å². The van der Waals surface area contributed by atoms with Gasteiger partial charge in [-0.3, -0.25) is 0 Å². The monoisotopic (exact) mass is 321 g/mol. The summed E-state index contributed by atoms with van der Waals surface area (Å²) >= 11 is 2.77. The van der Waals surface area contributed by atoms with Gasteiger partial charge in [0.1, 0.15) is 0 Å². The molecule has 0 saturated carbocycles. The predicted molar refractivity (Wildman–Crippen MR) is 53.5 cm³/mol. The van der Waals surface area contributed by atoms with Crippen molar-refractivity contribution < 1.29 is 26.3 Å². The van der Waals surface area contributed by atoms with Gasteiger partial charge in [0, 0.05) is 11.0 Å². The van der Waals surface area contributed by atoms with Crippen LogP contribution in [0.2, 0.25) is 0 Å². The third-order valence-corrected chi connectivity index (χ3v) is 2.63. The van der Waals surface area contributed by atoms with Gasteiger partial charge in [-0.25, -0.2) is 0 Å². The van der Waals surface area contributed by atoms with Crippen LogP contribution in [0.1, 0.15) is 16.7 Å². The van der Waals surface area contributed by atoms with Crippen LogP contribution in [0, 0.1) is 0 Å². The van der Waals surface area contributed by atoms with E-state index in [1.165, 1.54) is 0 Å². The first kappa shape index (κ1) is 14.1. The van der Waals surface area contributed by atoms with Gasteiger partial charge >= 0.3 is 12.4 Å². The summed E-state index contributed by atoms with van der Waals surface area (Å²) in [4.78, 5) is 0. The van der Waals surface area contributed by atoms with E-state index in [1.54, 1.807) is 0 Å². The number of hydrogen-bond donors (Lipinski definition) is 1. The molecule has 0 saturated heterocycles. The zero-order chi connectivity index (χ0) is 13.4. The molecule has 96 valence electrons. The summed E-state index contributed by atoms with van der Waals surface area (Å²) in [7, 11) is 0. The Balaban J connectivity index is 3.49. The second kappa shape index (κ2) is 4.40. The molecule has 0 aliphatic heterocycles. The first-order valence-corrected chi connectivity index (χ1v) is 5.32. The van der Waals surface area contributed by atoms with E-state index in [0.717, 1.165) is 0 Å². The highest BCUT2D eigenvalue weighted by Crippen LogP contribution is 2.40. The van der Waals surface area contributed by atoms with E-state index in [4.69, 9.17) is 5.73 Å². The van der Waals surface area contributed by atoms with Crippen LogP contribution >= 0.6 is 15.9 Å². The minimum Gasteiger partial charge on any atom is -0.398 e. The molecule has 0 bridgehead atoms. The van der Waals surface area contributed by atoms with Crippen LogP contribution in [0.15, 0.2) is 12.1 Å². The molecule has 0 fully saturated rings. The van der Waals surface area contributed by atoms with Gasteiger partial charge in [0.05, 0.1) is 11.1 Å². The van der Waals surface area contributed by atoms with Crippen molar-refractivity contribution in [3.63, 3.8) is 0 Å². The highest BCUT2D eigenvalue weighted by molar-refractivity contribution is 9.08. The number of nitrogen functional groups attached to an aromatic ring is 1. The molecular weight excluding hydrogens is 316 g/mol. The summed E-state index contributed by atoms with van der Waals surface area (Å²) < 4.78 is 74.7. The fraction of sp³-hybridized carbons (Fsp3) is 0.333. The Morgan fingerprint density at radius 3 is 1.76 bits per heavy atom. The molecule has 1 rings (SSSR count).